The van der Waals surface area contributed by atoms with E-state index in [2.05, 4.69) is 10.3 Å². The minimum atomic E-state index is -0.321. The molecule has 1 atom stereocenters. The van der Waals surface area contributed by atoms with Crippen molar-refractivity contribution in [1.82, 2.24) is 15.2 Å². The SMILES string of the molecule is N[C@@H]1CCN(C(=O)C2CCC(NC(=O)c3ccc(-c4cccc(F)c4)nc3)CC2)C1. The van der Waals surface area contributed by atoms with Gasteiger partial charge < -0.3 is 16.0 Å². The monoisotopic (exact) mass is 410 g/mol. The lowest BCUT2D eigenvalue weighted by molar-refractivity contribution is -0.135. The summed E-state index contributed by atoms with van der Waals surface area (Å²) in [6, 6.07) is 9.79. The van der Waals surface area contributed by atoms with Crippen LogP contribution in [0.2, 0.25) is 0 Å². The Morgan fingerprint density at radius 1 is 1.10 bits per heavy atom. The van der Waals surface area contributed by atoms with Crippen molar-refractivity contribution in [3.63, 3.8) is 0 Å². The van der Waals surface area contributed by atoms with Gasteiger partial charge in [-0.15, -0.1) is 0 Å². The molecule has 6 nitrogen and oxygen atoms in total. The average Bonchev–Trinajstić information content (AvgIpc) is 3.20. The van der Waals surface area contributed by atoms with E-state index < -0.39 is 0 Å². The zero-order chi connectivity index (χ0) is 21.1. The van der Waals surface area contributed by atoms with E-state index >= 15 is 0 Å². The third-order valence-electron chi connectivity index (χ3n) is 6.09. The number of carbonyl (C=O) groups is 2. The molecule has 1 saturated carbocycles. The number of pyridine rings is 1. The quantitative estimate of drug-likeness (QED) is 0.811. The van der Waals surface area contributed by atoms with Crippen LogP contribution in [0.25, 0.3) is 11.3 Å². The van der Waals surface area contributed by atoms with Crippen LogP contribution >= 0.6 is 0 Å². The van der Waals surface area contributed by atoms with Crippen LogP contribution in [-0.4, -0.2) is 46.9 Å². The van der Waals surface area contributed by atoms with Gasteiger partial charge in [-0.25, -0.2) is 4.39 Å². The van der Waals surface area contributed by atoms with Crippen LogP contribution in [-0.2, 0) is 4.79 Å². The van der Waals surface area contributed by atoms with E-state index in [0.29, 0.717) is 23.4 Å². The van der Waals surface area contributed by atoms with Gasteiger partial charge in [-0.1, -0.05) is 12.1 Å². The van der Waals surface area contributed by atoms with E-state index in [9.17, 15) is 14.0 Å². The highest BCUT2D eigenvalue weighted by molar-refractivity contribution is 5.94. The number of nitrogens with one attached hydrogen (secondary N) is 1. The first-order chi connectivity index (χ1) is 14.5. The van der Waals surface area contributed by atoms with Crippen molar-refractivity contribution in [2.45, 2.75) is 44.2 Å². The summed E-state index contributed by atoms with van der Waals surface area (Å²) in [7, 11) is 0. The fourth-order valence-corrected chi connectivity index (χ4v) is 4.35. The Balaban J connectivity index is 1.29. The molecule has 2 fully saturated rings. The summed E-state index contributed by atoms with van der Waals surface area (Å²) in [4.78, 5) is 31.4. The first-order valence-electron chi connectivity index (χ1n) is 10.6. The molecule has 0 unspecified atom stereocenters. The molecule has 30 heavy (non-hydrogen) atoms. The summed E-state index contributed by atoms with van der Waals surface area (Å²) in [6.07, 6.45) is 5.54. The number of hydrogen-bond donors (Lipinski definition) is 2. The Hall–Kier alpha value is -2.80. The number of aromatic nitrogens is 1. The van der Waals surface area contributed by atoms with Gasteiger partial charge in [-0.2, -0.15) is 0 Å². The van der Waals surface area contributed by atoms with Gasteiger partial charge in [0.25, 0.3) is 5.91 Å². The number of likely N-dealkylation sites (tertiary alicyclic amines) is 1. The summed E-state index contributed by atoms with van der Waals surface area (Å²) in [5.74, 6) is -0.244. The smallest absolute Gasteiger partial charge is 0.253 e. The maximum atomic E-state index is 13.4. The highest BCUT2D eigenvalue weighted by Crippen LogP contribution is 2.27. The second-order valence-corrected chi connectivity index (χ2v) is 8.30. The highest BCUT2D eigenvalue weighted by atomic mass is 19.1. The first kappa shape index (κ1) is 20.5. The maximum absolute atomic E-state index is 13.4. The standard InChI is InChI=1S/C23H27FN4O2/c24-18-3-1-2-16(12-18)21-9-6-17(13-26-21)22(29)27-20-7-4-15(5-8-20)23(30)28-11-10-19(25)14-28/h1-3,6,9,12-13,15,19-20H,4-5,7-8,10-11,14,25H2,(H,27,29)/t15?,19-,20?/m1/s1. The second-order valence-electron chi connectivity index (χ2n) is 8.30. The molecule has 0 bridgehead atoms. The van der Waals surface area contributed by atoms with Gasteiger partial charge >= 0.3 is 0 Å². The molecule has 2 aromatic rings. The van der Waals surface area contributed by atoms with Crippen LogP contribution in [0.5, 0.6) is 0 Å². The van der Waals surface area contributed by atoms with Crippen LogP contribution < -0.4 is 11.1 Å². The van der Waals surface area contributed by atoms with E-state index in [0.717, 1.165) is 38.6 Å². The lowest BCUT2D eigenvalue weighted by atomic mass is 9.85. The summed E-state index contributed by atoms with van der Waals surface area (Å²) in [5, 5.41) is 3.06. The molecular formula is C23H27FN4O2. The molecule has 2 heterocycles. The molecule has 1 aliphatic carbocycles. The van der Waals surface area contributed by atoms with Crippen LogP contribution in [0.4, 0.5) is 4.39 Å². The lowest BCUT2D eigenvalue weighted by Crippen LogP contribution is -2.42. The average molecular weight is 410 g/mol. The van der Waals surface area contributed by atoms with Gasteiger partial charge in [0, 0.05) is 42.9 Å². The molecule has 2 amide bonds. The Kier molecular flexibility index (Phi) is 6.08. The molecule has 4 rings (SSSR count). The van der Waals surface area contributed by atoms with Crippen molar-refractivity contribution in [1.29, 1.82) is 0 Å². The van der Waals surface area contributed by atoms with E-state index in [1.54, 1.807) is 24.3 Å². The third kappa shape index (κ3) is 4.67. The van der Waals surface area contributed by atoms with Crippen LogP contribution in [0.1, 0.15) is 42.5 Å². The normalized spacial score (nSPS) is 23.9. The molecule has 1 saturated heterocycles. The van der Waals surface area contributed by atoms with Gasteiger partial charge in [-0.05, 0) is 56.4 Å². The summed E-state index contributed by atoms with van der Waals surface area (Å²) in [5.41, 5.74) is 7.67. The fourth-order valence-electron chi connectivity index (χ4n) is 4.35. The van der Waals surface area contributed by atoms with Crippen molar-refractivity contribution in [3.05, 3.63) is 54.0 Å². The van der Waals surface area contributed by atoms with Gasteiger partial charge in [-0.3, -0.25) is 14.6 Å². The Morgan fingerprint density at radius 2 is 1.90 bits per heavy atom. The van der Waals surface area contributed by atoms with Crippen molar-refractivity contribution < 1.29 is 14.0 Å². The fraction of sp³-hybridized carbons (Fsp3) is 0.435. The number of nitrogens with two attached hydrogens (primary N) is 1. The number of halogens is 1. The first-order valence-corrected chi connectivity index (χ1v) is 10.6. The van der Waals surface area contributed by atoms with E-state index in [1.165, 1.54) is 18.3 Å². The van der Waals surface area contributed by atoms with E-state index in [1.807, 2.05) is 4.90 Å². The summed E-state index contributed by atoms with van der Waals surface area (Å²) >= 11 is 0. The second kappa shape index (κ2) is 8.92. The number of hydrogen-bond acceptors (Lipinski definition) is 4. The molecule has 1 aromatic heterocycles. The molecular weight excluding hydrogens is 383 g/mol. The zero-order valence-corrected chi connectivity index (χ0v) is 16.9. The number of amides is 2. The van der Waals surface area contributed by atoms with Crippen molar-refractivity contribution >= 4 is 11.8 Å². The van der Waals surface area contributed by atoms with E-state index in [-0.39, 0.29) is 35.6 Å². The highest BCUT2D eigenvalue weighted by Gasteiger charge is 2.32. The van der Waals surface area contributed by atoms with Gasteiger partial charge in [0.1, 0.15) is 5.82 Å². The lowest BCUT2D eigenvalue weighted by Gasteiger charge is -2.31. The number of nitrogens with zero attached hydrogens (tertiary/aromatic N) is 2. The van der Waals surface area contributed by atoms with Gasteiger partial charge in [0.05, 0.1) is 11.3 Å². The van der Waals surface area contributed by atoms with Crippen LogP contribution in [0.3, 0.4) is 0 Å². The Morgan fingerprint density at radius 3 is 2.53 bits per heavy atom. The summed E-state index contributed by atoms with van der Waals surface area (Å²) < 4.78 is 13.4. The number of carbonyl (C=O) groups excluding carboxylic acids is 2. The summed E-state index contributed by atoms with van der Waals surface area (Å²) in [6.45, 7) is 1.42. The van der Waals surface area contributed by atoms with Crippen molar-refractivity contribution in [2.24, 2.45) is 11.7 Å². The van der Waals surface area contributed by atoms with Crippen molar-refractivity contribution in [3.8, 4) is 11.3 Å². The minimum Gasteiger partial charge on any atom is -0.349 e. The number of rotatable bonds is 4. The molecule has 1 aliphatic heterocycles. The molecule has 3 N–H and O–H groups in total. The predicted molar refractivity (Wildman–Crippen MR) is 112 cm³/mol. The molecule has 7 heteroatoms. The Bertz CT molecular complexity index is 910. The van der Waals surface area contributed by atoms with Gasteiger partial charge in [0.15, 0.2) is 0 Å². The predicted octanol–water partition coefficient (Wildman–Crippen LogP) is 2.74. The van der Waals surface area contributed by atoms with Gasteiger partial charge in [0.2, 0.25) is 5.91 Å². The van der Waals surface area contributed by atoms with Crippen LogP contribution in [0, 0.1) is 11.7 Å². The third-order valence-corrected chi connectivity index (χ3v) is 6.09. The molecule has 2 aliphatic rings. The molecule has 1 aromatic carbocycles. The zero-order valence-electron chi connectivity index (χ0n) is 16.9. The minimum absolute atomic E-state index is 0.0377. The largest absolute Gasteiger partial charge is 0.349 e. The molecule has 0 spiro atoms. The molecule has 158 valence electrons. The maximum Gasteiger partial charge on any atom is 0.253 e. The van der Waals surface area contributed by atoms with E-state index in [4.69, 9.17) is 5.73 Å². The molecule has 0 radical (unpaired) electrons. The topological polar surface area (TPSA) is 88.3 Å². The number of benzene rings is 1. The van der Waals surface area contributed by atoms with Crippen molar-refractivity contribution in [2.75, 3.05) is 13.1 Å². The van der Waals surface area contributed by atoms with Crippen LogP contribution in [0.15, 0.2) is 42.6 Å². The Labute approximate surface area is 175 Å².